The van der Waals surface area contributed by atoms with Gasteiger partial charge in [0, 0.05) is 45.2 Å². The van der Waals surface area contributed by atoms with Crippen molar-refractivity contribution in [2.75, 3.05) is 0 Å². The molecular formula is C36H40IrNO2-. The van der Waals surface area contributed by atoms with Crippen LogP contribution < -0.4 is 0 Å². The average molecular weight is 711 g/mol. The minimum atomic E-state index is 0. The van der Waals surface area contributed by atoms with Gasteiger partial charge in [-0.3, -0.25) is 4.79 Å². The van der Waals surface area contributed by atoms with E-state index in [1.807, 2.05) is 33.8 Å². The monoisotopic (exact) mass is 711 g/mol. The van der Waals surface area contributed by atoms with Gasteiger partial charge in [0.05, 0.1) is 5.76 Å². The van der Waals surface area contributed by atoms with E-state index in [0.29, 0.717) is 30.6 Å². The van der Waals surface area contributed by atoms with E-state index < -0.39 is 0 Å². The number of fused-ring (bicyclic) bond motifs is 5. The Morgan fingerprint density at radius 3 is 2.10 bits per heavy atom. The molecule has 4 aromatic rings. The molecule has 0 fully saturated rings. The molecular weight excluding hydrogens is 671 g/mol. The molecule has 0 unspecified atom stereocenters. The molecule has 211 valence electrons. The standard InChI is InChI=1S/C25H20N.C11H20O2.Ir/c1-16(2)14-17-15-26-25-23-11-6-5-10-21(23)19-8-3-4-9-20(19)22-13-7-12-18(17)24(22)25;1-8(2)5-10(12)7-11(13)6-9(3)4;/h3-10,12-13,15-16H,14H2,1-2H3;7-9,12H,5-6H2,1-4H3;/q-1;;/b;10-7-;. The Morgan fingerprint density at radius 1 is 0.825 bits per heavy atom. The number of aromatic nitrogens is 1. The third kappa shape index (κ3) is 7.36. The number of hydrogen-bond donors (Lipinski definition) is 1. The summed E-state index contributed by atoms with van der Waals surface area (Å²) in [6.07, 6.45) is 5.58. The van der Waals surface area contributed by atoms with E-state index in [1.54, 1.807) is 0 Å². The van der Waals surface area contributed by atoms with Crippen LogP contribution in [0.1, 0.15) is 59.9 Å². The smallest absolute Gasteiger partial charge is 0.159 e. The third-order valence-corrected chi connectivity index (χ3v) is 6.78. The van der Waals surface area contributed by atoms with E-state index in [2.05, 4.69) is 80.7 Å². The fourth-order valence-corrected chi connectivity index (χ4v) is 5.30. The van der Waals surface area contributed by atoms with E-state index in [4.69, 9.17) is 4.98 Å². The van der Waals surface area contributed by atoms with Gasteiger partial charge in [0.2, 0.25) is 0 Å². The summed E-state index contributed by atoms with van der Waals surface area (Å²) in [5.74, 6) is 1.58. The van der Waals surface area contributed by atoms with Crippen molar-refractivity contribution >= 4 is 16.6 Å². The molecule has 1 radical (unpaired) electrons. The van der Waals surface area contributed by atoms with Gasteiger partial charge < -0.3 is 10.1 Å². The molecule has 0 bridgehead atoms. The average Bonchev–Trinajstić information content (AvgIpc) is 2.99. The number of nitrogens with zero attached hydrogens (tertiary/aromatic N) is 1. The van der Waals surface area contributed by atoms with Gasteiger partial charge in [-0.1, -0.05) is 95.1 Å². The molecule has 4 heteroatoms. The van der Waals surface area contributed by atoms with Crippen molar-refractivity contribution in [2.45, 2.75) is 60.8 Å². The third-order valence-electron chi connectivity index (χ3n) is 6.78. The van der Waals surface area contributed by atoms with Crippen LogP contribution in [0.25, 0.3) is 44.3 Å². The maximum atomic E-state index is 11.2. The summed E-state index contributed by atoms with van der Waals surface area (Å²) in [5.41, 5.74) is 8.51. The normalized spacial score (nSPS) is 11.9. The molecule has 1 aliphatic carbocycles. The van der Waals surface area contributed by atoms with Crippen LogP contribution in [0.3, 0.4) is 0 Å². The van der Waals surface area contributed by atoms with Gasteiger partial charge >= 0.3 is 0 Å². The van der Waals surface area contributed by atoms with Gasteiger partial charge in [-0.05, 0) is 57.3 Å². The molecule has 40 heavy (non-hydrogen) atoms. The van der Waals surface area contributed by atoms with Crippen molar-refractivity contribution in [1.29, 1.82) is 0 Å². The Balaban J connectivity index is 0.000000272. The summed E-state index contributed by atoms with van der Waals surface area (Å²) in [6, 6.07) is 25.1. The number of aliphatic hydroxyl groups excluding tert-OH is 1. The molecule has 1 aromatic heterocycles. The summed E-state index contributed by atoms with van der Waals surface area (Å²) >= 11 is 0. The number of rotatable bonds is 7. The van der Waals surface area contributed by atoms with Crippen molar-refractivity contribution < 1.29 is 30.0 Å². The SMILES string of the molecule is CC(C)CC(=O)/C=C(\O)CC(C)C.CC(C)Cc1cnc2c3c(cccc13)-c1ccccc1-c1ccc[c-]c1-2.[Ir]. The molecule has 5 rings (SSSR count). The van der Waals surface area contributed by atoms with Gasteiger partial charge in [0.25, 0.3) is 0 Å². The van der Waals surface area contributed by atoms with Crippen LogP contribution in [0.2, 0.25) is 0 Å². The summed E-state index contributed by atoms with van der Waals surface area (Å²) in [4.78, 5) is 16.2. The van der Waals surface area contributed by atoms with Crippen LogP contribution in [-0.2, 0) is 31.3 Å². The van der Waals surface area contributed by atoms with Crippen LogP contribution >= 0.6 is 0 Å². The molecule has 3 nitrogen and oxygen atoms in total. The molecule has 0 saturated carbocycles. The number of hydrogen-bond acceptors (Lipinski definition) is 3. The van der Waals surface area contributed by atoms with Crippen LogP contribution in [0.15, 0.2) is 78.7 Å². The van der Waals surface area contributed by atoms with Gasteiger partial charge in [-0.2, -0.15) is 0 Å². The number of carbonyl (C=O) groups is 1. The summed E-state index contributed by atoms with van der Waals surface area (Å²) < 4.78 is 0. The molecule has 0 saturated heterocycles. The summed E-state index contributed by atoms with van der Waals surface area (Å²) in [6.45, 7) is 12.5. The molecule has 0 atom stereocenters. The zero-order valence-electron chi connectivity index (χ0n) is 24.4. The number of allylic oxidation sites excluding steroid dienone is 2. The number of aliphatic hydroxyl groups is 1. The Bertz CT molecular complexity index is 1450. The van der Waals surface area contributed by atoms with Gasteiger partial charge in [-0.15, -0.1) is 29.8 Å². The first-order valence-electron chi connectivity index (χ1n) is 14.1. The quantitative estimate of drug-likeness (QED) is 0.104. The number of benzene rings is 3. The molecule has 0 amide bonds. The molecule has 1 aliphatic rings. The minimum Gasteiger partial charge on any atom is -0.512 e. The van der Waals surface area contributed by atoms with Crippen molar-refractivity contribution in [3.63, 3.8) is 0 Å². The molecule has 0 spiro atoms. The van der Waals surface area contributed by atoms with Crippen molar-refractivity contribution in [1.82, 2.24) is 4.98 Å². The second kappa shape index (κ2) is 14.0. The van der Waals surface area contributed by atoms with Crippen LogP contribution in [-0.4, -0.2) is 15.9 Å². The Hall–Kier alpha value is -3.07. The number of carbonyl (C=O) groups excluding carboxylic acids is 1. The fourth-order valence-electron chi connectivity index (χ4n) is 5.30. The first kappa shape index (κ1) is 31.5. The van der Waals surface area contributed by atoms with E-state index in [1.165, 1.54) is 44.7 Å². The Kier molecular flexibility index (Phi) is 11.0. The minimum absolute atomic E-state index is 0. The van der Waals surface area contributed by atoms with Crippen LogP contribution in [0.4, 0.5) is 0 Å². The first-order chi connectivity index (χ1) is 18.7. The van der Waals surface area contributed by atoms with Crippen molar-refractivity contribution in [3.8, 4) is 33.5 Å². The summed E-state index contributed by atoms with van der Waals surface area (Å²) in [7, 11) is 0. The molecule has 1 heterocycles. The van der Waals surface area contributed by atoms with E-state index in [-0.39, 0.29) is 31.6 Å². The first-order valence-corrected chi connectivity index (χ1v) is 14.1. The second-order valence-electron chi connectivity index (χ2n) is 11.8. The zero-order chi connectivity index (χ0) is 28.1. The Labute approximate surface area is 253 Å². The van der Waals surface area contributed by atoms with Crippen molar-refractivity contribution in [3.05, 3.63) is 90.3 Å². The largest absolute Gasteiger partial charge is 0.512 e. The predicted molar refractivity (Wildman–Crippen MR) is 164 cm³/mol. The van der Waals surface area contributed by atoms with Crippen molar-refractivity contribution in [2.24, 2.45) is 17.8 Å². The van der Waals surface area contributed by atoms with E-state index >= 15 is 0 Å². The second-order valence-corrected chi connectivity index (χ2v) is 11.8. The number of ketones is 1. The molecule has 3 aromatic carbocycles. The van der Waals surface area contributed by atoms with Gasteiger partial charge in [0.15, 0.2) is 5.78 Å². The molecule has 1 N–H and O–H groups in total. The number of pyridine rings is 1. The topological polar surface area (TPSA) is 50.2 Å². The maximum Gasteiger partial charge on any atom is 0.159 e. The molecule has 0 aliphatic heterocycles. The van der Waals surface area contributed by atoms with Crippen LogP contribution in [0.5, 0.6) is 0 Å². The predicted octanol–water partition coefficient (Wildman–Crippen LogP) is 9.63. The zero-order valence-corrected chi connectivity index (χ0v) is 26.8. The maximum absolute atomic E-state index is 11.2. The van der Waals surface area contributed by atoms with E-state index in [9.17, 15) is 9.90 Å². The fraction of sp³-hybridized carbons (Fsp3) is 0.333. The summed E-state index contributed by atoms with van der Waals surface area (Å²) in [5, 5.41) is 11.9. The van der Waals surface area contributed by atoms with Gasteiger partial charge in [-0.25, -0.2) is 0 Å². The van der Waals surface area contributed by atoms with Gasteiger partial charge in [0.1, 0.15) is 0 Å². The van der Waals surface area contributed by atoms with E-state index in [0.717, 1.165) is 17.7 Å². The van der Waals surface area contributed by atoms with Crippen LogP contribution in [0, 0.1) is 23.8 Å². The Morgan fingerprint density at radius 2 is 1.45 bits per heavy atom.